The molecule has 37 heavy (non-hydrogen) atoms. The van der Waals surface area contributed by atoms with Crippen LogP contribution in [0.2, 0.25) is 0 Å². The van der Waals surface area contributed by atoms with Gasteiger partial charge in [-0.3, -0.25) is 4.79 Å². The van der Waals surface area contributed by atoms with E-state index in [-0.39, 0.29) is 17.4 Å². The minimum atomic E-state index is -5.08. The Labute approximate surface area is 209 Å². The summed E-state index contributed by atoms with van der Waals surface area (Å²) in [5.74, 6) is 2.91. The molecule has 11 heteroatoms. The number of likely N-dealkylation sites (tertiary alicyclic amines) is 1. The number of alkyl halides is 3. The van der Waals surface area contributed by atoms with E-state index in [9.17, 15) is 22.4 Å². The molecule has 3 aromatic rings. The first-order valence-electron chi connectivity index (χ1n) is 11.2. The van der Waals surface area contributed by atoms with Crippen LogP contribution in [0.1, 0.15) is 51.9 Å². The molecule has 3 heterocycles. The second-order valence-electron chi connectivity index (χ2n) is 8.07. The second kappa shape index (κ2) is 12.2. The van der Waals surface area contributed by atoms with Crippen LogP contribution < -0.4 is 5.73 Å². The zero-order chi connectivity index (χ0) is 27.0. The maximum absolute atomic E-state index is 13.6. The molecule has 0 radical (unpaired) electrons. The van der Waals surface area contributed by atoms with Crippen LogP contribution in [0.4, 0.5) is 17.6 Å². The Hall–Kier alpha value is -4.17. The van der Waals surface area contributed by atoms with Gasteiger partial charge in [-0.25, -0.2) is 14.2 Å². The molecule has 0 unspecified atom stereocenters. The lowest BCUT2D eigenvalue weighted by atomic mass is 9.88. The van der Waals surface area contributed by atoms with Gasteiger partial charge in [0.25, 0.3) is 5.91 Å². The Morgan fingerprint density at radius 2 is 1.81 bits per heavy atom. The van der Waals surface area contributed by atoms with Crippen molar-refractivity contribution >= 4 is 11.9 Å². The van der Waals surface area contributed by atoms with Crippen molar-refractivity contribution in [2.24, 2.45) is 5.73 Å². The summed E-state index contributed by atoms with van der Waals surface area (Å²) in [6.45, 7) is 1.86. The highest BCUT2D eigenvalue weighted by Crippen LogP contribution is 2.29. The van der Waals surface area contributed by atoms with Crippen LogP contribution in [-0.2, 0) is 11.3 Å². The van der Waals surface area contributed by atoms with Gasteiger partial charge in [-0.05, 0) is 66.0 Å². The third-order valence-electron chi connectivity index (χ3n) is 5.56. The van der Waals surface area contributed by atoms with E-state index in [0.717, 1.165) is 18.4 Å². The average molecular weight is 517 g/mol. The Kier molecular flexibility index (Phi) is 9.03. The highest BCUT2D eigenvalue weighted by molar-refractivity contribution is 5.91. The summed E-state index contributed by atoms with van der Waals surface area (Å²) in [6, 6.07) is 14.4. The summed E-state index contributed by atoms with van der Waals surface area (Å²) in [5.41, 5.74) is 8.19. The summed E-state index contributed by atoms with van der Waals surface area (Å²) in [6.07, 6.45) is -1.82. The number of hydrogen-bond acceptors (Lipinski definition) is 5. The molecule has 7 nitrogen and oxygen atoms in total. The van der Waals surface area contributed by atoms with E-state index < -0.39 is 18.0 Å². The highest BCUT2D eigenvalue weighted by Gasteiger charge is 2.38. The summed E-state index contributed by atoms with van der Waals surface area (Å²) in [4.78, 5) is 27.4. The maximum Gasteiger partial charge on any atom is 0.490 e. The lowest BCUT2D eigenvalue weighted by Gasteiger charge is -2.31. The van der Waals surface area contributed by atoms with Gasteiger partial charge in [0.15, 0.2) is 17.3 Å². The fourth-order valence-corrected chi connectivity index (χ4v) is 3.66. The molecule has 1 aliphatic rings. The fourth-order valence-electron chi connectivity index (χ4n) is 3.66. The van der Waals surface area contributed by atoms with Gasteiger partial charge < -0.3 is 20.2 Å². The van der Waals surface area contributed by atoms with Gasteiger partial charge in [-0.2, -0.15) is 13.2 Å². The van der Waals surface area contributed by atoms with Gasteiger partial charge in [-0.15, -0.1) is 0 Å². The third-order valence-corrected chi connectivity index (χ3v) is 5.56. The Morgan fingerprint density at radius 1 is 1.11 bits per heavy atom. The normalized spacial score (nSPS) is 13.7. The topological polar surface area (TPSA) is 110 Å². The highest BCUT2D eigenvalue weighted by atomic mass is 19.4. The number of carbonyl (C=O) groups excluding carboxylic acids is 1. The Balaban J connectivity index is 0.000000479. The fraction of sp³-hybridized carbons (Fsp3) is 0.269. The quantitative estimate of drug-likeness (QED) is 0.396. The first-order chi connectivity index (χ1) is 17.6. The first kappa shape index (κ1) is 27.4. The number of rotatable bonds is 3. The van der Waals surface area contributed by atoms with Crippen molar-refractivity contribution in [1.82, 2.24) is 9.88 Å². The Morgan fingerprint density at radius 3 is 2.43 bits per heavy atom. The van der Waals surface area contributed by atoms with E-state index in [2.05, 4.69) is 29.0 Å². The van der Waals surface area contributed by atoms with E-state index >= 15 is 0 Å². The van der Waals surface area contributed by atoms with Crippen LogP contribution in [0.3, 0.4) is 0 Å². The monoisotopic (exact) mass is 517 g/mol. The SMILES string of the molecule is NCc1cccc(C2CCN(C(=O)c3ccc(C#Cc4ncccc4F)o3)CC2)c1.O=C(O)C(F)(F)F. The molecule has 4 rings (SSSR count). The molecule has 3 N–H and O–H groups in total. The van der Waals surface area contributed by atoms with Crippen LogP contribution in [0, 0.1) is 17.7 Å². The van der Waals surface area contributed by atoms with Crippen LogP contribution in [-0.4, -0.2) is 46.1 Å². The van der Waals surface area contributed by atoms with E-state index in [0.29, 0.717) is 31.3 Å². The number of nitrogens with two attached hydrogens (primary N) is 1. The number of pyridine rings is 1. The van der Waals surface area contributed by atoms with Gasteiger partial charge in [0.1, 0.15) is 5.69 Å². The molecule has 2 aromatic heterocycles. The number of carboxylic acid groups (broad SMARTS) is 1. The first-order valence-corrected chi connectivity index (χ1v) is 11.2. The number of piperidine rings is 1. The lowest BCUT2D eigenvalue weighted by Crippen LogP contribution is -2.37. The number of carboxylic acids is 1. The number of aromatic nitrogens is 1. The number of aliphatic carboxylic acids is 1. The predicted molar refractivity (Wildman–Crippen MR) is 125 cm³/mol. The summed E-state index contributed by atoms with van der Waals surface area (Å²) < 4.78 is 50.9. The minimum Gasteiger partial charge on any atom is -0.475 e. The maximum atomic E-state index is 13.6. The smallest absolute Gasteiger partial charge is 0.475 e. The molecule has 0 bridgehead atoms. The van der Waals surface area contributed by atoms with Crippen molar-refractivity contribution in [3.8, 4) is 11.8 Å². The van der Waals surface area contributed by atoms with Crippen molar-refractivity contribution in [1.29, 1.82) is 0 Å². The molecule has 0 aliphatic carbocycles. The molecule has 1 aliphatic heterocycles. The number of benzene rings is 1. The Bertz CT molecular complexity index is 1300. The standard InChI is InChI=1S/C24H22FN3O2.C2HF3O2/c25-21-5-2-12-27-22(21)8-6-20-7-9-23(30-20)24(29)28-13-10-18(11-14-28)19-4-1-3-17(15-19)16-26;3-2(4,5)1(6)7/h1-5,7,9,12,15,18H,10-11,13-14,16,26H2;(H,6,7). The van der Waals surface area contributed by atoms with Crippen molar-refractivity contribution in [2.75, 3.05) is 13.1 Å². The second-order valence-corrected chi connectivity index (χ2v) is 8.07. The lowest BCUT2D eigenvalue weighted by molar-refractivity contribution is -0.192. The van der Waals surface area contributed by atoms with Gasteiger partial charge in [-0.1, -0.05) is 24.3 Å². The number of amides is 1. The zero-order valence-electron chi connectivity index (χ0n) is 19.5. The van der Waals surface area contributed by atoms with Crippen LogP contribution >= 0.6 is 0 Å². The molecule has 1 fully saturated rings. The molecule has 0 spiro atoms. The number of carbonyl (C=O) groups is 2. The van der Waals surface area contributed by atoms with E-state index in [1.165, 1.54) is 23.9 Å². The van der Waals surface area contributed by atoms with Crippen LogP contribution in [0.15, 0.2) is 59.1 Å². The predicted octanol–water partition coefficient (Wildman–Crippen LogP) is 4.33. The molecule has 194 valence electrons. The van der Waals surface area contributed by atoms with E-state index in [4.69, 9.17) is 20.1 Å². The minimum absolute atomic E-state index is 0.0440. The summed E-state index contributed by atoms with van der Waals surface area (Å²) in [7, 11) is 0. The average Bonchev–Trinajstić information content (AvgIpc) is 3.37. The summed E-state index contributed by atoms with van der Waals surface area (Å²) in [5, 5.41) is 7.12. The van der Waals surface area contributed by atoms with Gasteiger partial charge in [0.2, 0.25) is 0 Å². The number of nitrogens with zero attached hydrogens (tertiary/aromatic N) is 2. The van der Waals surface area contributed by atoms with Gasteiger partial charge in [0.05, 0.1) is 0 Å². The van der Waals surface area contributed by atoms with E-state index in [1.807, 2.05) is 12.1 Å². The third kappa shape index (κ3) is 7.65. The van der Waals surface area contributed by atoms with Gasteiger partial charge >= 0.3 is 12.1 Å². The molecular formula is C26H23F4N3O4. The van der Waals surface area contributed by atoms with Crippen LogP contribution in [0.5, 0.6) is 0 Å². The largest absolute Gasteiger partial charge is 0.490 e. The zero-order valence-corrected chi connectivity index (χ0v) is 19.5. The number of furan rings is 1. The van der Waals surface area contributed by atoms with Crippen molar-refractivity contribution in [2.45, 2.75) is 31.5 Å². The molecule has 0 saturated carbocycles. The van der Waals surface area contributed by atoms with Crippen molar-refractivity contribution in [3.63, 3.8) is 0 Å². The van der Waals surface area contributed by atoms with Crippen LogP contribution in [0.25, 0.3) is 0 Å². The van der Waals surface area contributed by atoms with Crippen molar-refractivity contribution < 1.29 is 36.7 Å². The number of hydrogen-bond donors (Lipinski definition) is 2. The van der Waals surface area contributed by atoms with Crippen molar-refractivity contribution in [3.05, 3.63) is 88.9 Å². The molecule has 0 atom stereocenters. The summed E-state index contributed by atoms with van der Waals surface area (Å²) >= 11 is 0. The molecular weight excluding hydrogens is 494 g/mol. The molecule has 1 saturated heterocycles. The molecule has 1 amide bonds. The van der Waals surface area contributed by atoms with Gasteiger partial charge in [0, 0.05) is 25.8 Å². The van der Waals surface area contributed by atoms with E-state index in [1.54, 1.807) is 17.0 Å². The number of halogens is 4. The molecule has 1 aromatic carbocycles.